The summed E-state index contributed by atoms with van der Waals surface area (Å²) in [5.74, 6) is 0. The van der Waals surface area contributed by atoms with Crippen LogP contribution in [0, 0.1) is 0 Å². The zero-order valence-electron chi connectivity index (χ0n) is 13.6. The molecule has 0 aromatic heterocycles. The first kappa shape index (κ1) is 18.0. The maximum atomic E-state index is 9.81. The van der Waals surface area contributed by atoms with E-state index < -0.39 is 0 Å². The molecule has 0 saturated carbocycles. The smallest absolute Gasteiger partial charge is 0.0855 e. The van der Waals surface area contributed by atoms with Gasteiger partial charge < -0.3 is 9.84 Å². The molecule has 0 bridgehead atoms. The van der Waals surface area contributed by atoms with Gasteiger partial charge in [-0.1, -0.05) is 84.0 Å². The molecule has 120 valence electrons. The van der Waals surface area contributed by atoms with E-state index in [9.17, 15) is 5.11 Å². The van der Waals surface area contributed by atoms with Crippen molar-refractivity contribution in [1.29, 1.82) is 0 Å². The normalized spacial score (nSPS) is 19.8. The monoisotopic (exact) mass is 284 g/mol. The van der Waals surface area contributed by atoms with E-state index in [4.69, 9.17) is 4.74 Å². The van der Waals surface area contributed by atoms with Crippen LogP contribution in [0.2, 0.25) is 0 Å². The Hall–Kier alpha value is -0.0800. The molecule has 1 aliphatic rings. The summed E-state index contributed by atoms with van der Waals surface area (Å²) >= 11 is 0. The van der Waals surface area contributed by atoms with Gasteiger partial charge in [0.1, 0.15) is 0 Å². The Morgan fingerprint density at radius 3 is 1.70 bits per heavy atom. The summed E-state index contributed by atoms with van der Waals surface area (Å²) in [7, 11) is 0. The molecule has 2 nitrogen and oxygen atoms in total. The number of hydrogen-bond acceptors (Lipinski definition) is 2. The lowest BCUT2D eigenvalue weighted by Crippen LogP contribution is -2.38. The van der Waals surface area contributed by atoms with E-state index >= 15 is 0 Å². The van der Waals surface area contributed by atoms with E-state index in [0.29, 0.717) is 0 Å². The van der Waals surface area contributed by atoms with Crippen LogP contribution in [-0.4, -0.2) is 23.9 Å². The molecule has 0 aromatic rings. The second-order valence-corrected chi connectivity index (χ2v) is 6.44. The summed E-state index contributed by atoms with van der Waals surface area (Å²) < 4.78 is 5.30. The summed E-state index contributed by atoms with van der Waals surface area (Å²) in [6.07, 6.45) is 18.4. The Morgan fingerprint density at radius 2 is 1.30 bits per heavy atom. The van der Waals surface area contributed by atoms with Gasteiger partial charge >= 0.3 is 0 Å². The fraction of sp³-hybridized carbons (Fsp3) is 1.00. The predicted octanol–water partition coefficient (Wildman–Crippen LogP) is 5.23. The highest BCUT2D eigenvalue weighted by molar-refractivity contribution is 4.75. The highest BCUT2D eigenvalue weighted by atomic mass is 16.5. The lowest BCUT2D eigenvalue weighted by atomic mass is 10.00. The number of ether oxygens (including phenoxy) is 1. The summed E-state index contributed by atoms with van der Waals surface area (Å²) in [6.45, 7) is 3.12. The molecule has 1 saturated heterocycles. The molecule has 0 amide bonds. The minimum Gasteiger partial charge on any atom is -0.390 e. The number of rotatable bonds is 14. The summed E-state index contributed by atoms with van der Waals surface area (Å²) in [5.41, 5.74) is 0. The topological polar surface area (TPSA) is 29.5 Å². The molecule has 0 aliphatic carbocycles. The molecule has 0 spiro atoms. The molecule has 20 heavy (non-hydrogen) atoms. The van der Waals surface area contributed by atoms with Gasteiger partial charge in [0.25, 0.3) is 0 Å². The highest BCUT2D eigenvalue weighted by Crippen LogP contribution is 2.19. The van der Waals surface area contributed by atoms with E-state index in [1.54, 1.807) is 0 Å². The molecule has 1 N–H and O–H groups in total. The van der Waals surface area contributed by atoms with E-state index in [2.05, 4.69) is 6.92 Å². The van der Waals surface area contributed by atoms with Gasteiger partial charge in [-0.25, -0.2) is 0 Å². The van der Waals surface area contributed by atoms with Gasteiger partial charge in [-0.05, 0) is 12.8 Å². The summed E-state index contributed by atoms with van der Waals surface area (Å²) in [4.78, 5) is 0. The van der Waals surface area contributed by atoms with Crippen molar-refractivity contribution in [2.24, 2.45) is 0 Å². The van der Waals surface area contributed by atoms with Crippen molar-refractivity contribution in [3.8, 4) is 0 Å². The number of hydrogen-bond donors (Lipinski definition) is 1. The van der Waals surface area contributed by atoms with Crippen molar-refractivity contribution < 1.29 is 9.84 Å². The largest absolute Gasteiger partial charge is 0.390 e. The van der Waals surface area contributed by atoms with Crippen LogP contribution in [0.15, 0.2) is 0 Å². The maximum Gasteiger partial charge on any atom is 0.0855 e. The van der Waals surface area contributed by atoms with Crippen molar-refractivity contribution in [2.75, 3.05) is 6.61 Å². The Morgan fingerprint density at radius 1 is 0.850 bits per heavy atom. The maximum absolute atomic E-state index is 9.81. The molecule has 2 unspecified atom stereocenters. The average Bonchev–Trinajstić information content (AvgIpc) is 2.38. The van der Waals surface area contributed by atoms with Gasteiger partial charge in [0, 0.05) is 6.61 Å². The molecule has 1 rings (SSSR count). The third-order valence-corrected chi connectivity index (χ3v) is 4.52. The highest BCUT2D eigenvalue weighted by Gasteiger charge is 2.25. The fourth-order valence-corrected chi connectivity index (χ4v) is 2.94. The van der Waals surface area contributed by atoms with Crippen molar-refractivity contribution in [1.82, 2.24) is 0 Å². The van der Waals surface area contributed by atoms with E-state index in [-0.39, 0.29) is 12.2 Å². The molecule has 1 aliphatic heterocycles. The molecule has 2 atom stereocenters. The third kappa shape index (κ3) is 8.97. The van der Waals surface area contributed by atoms with Gasteiger partial charge in [0.05, 0.1) is 12.2 Å². The Labute approximate surface area is 126 Å². The Bertz CT molecular complexity index is 202. The lowest BCUT2D eigenvalue weighted by Gasteiger charge is -2.30. The van der Waals surface area contributed by atoms with Gasteiger partial charge in [0.2, 0.25) is 0 Å². The standard InChI is InChI=1S/C18H36O2/c1-2-3-4-5-6-7-8-9-10-11-12-13-14-17(19)18-15-16-20-18/h17-19H,2-16H2,1H3. The van der Waals surface area contributed by atoms with E-state index in [0.717, 1.165) is 25.9 Å². The summed E-state index contributed by atoms with van der Waals surface area (Å²) in [6, 6.07) is 0. The van der Waals surface area contributed by atoms with Crippen molar-refractivity contribution in [3.63, 3.8) is 0 Å². The predicted molar refractivity (Wildman–Crippen MR) is 86.1 cm³/mol. The molecule has 0 radical (unpaired) electrons. The van der Waals surface area contributed by atoms with Crippen LogP contribution in [0.3, 0.4) is 0 Å². The molecular formula is C18H36O2. The van der Waals surface area contributed by atoms with E-state index in [1.165, 1.54) is 70.6 Å². The van der Waals surface area contributed by atoms with Gasteiger partial charge in [-0.2, -0.15) is 0 Å². The SMILES string of the molecule is CCCCCCCCCCCCCCC(O)C1CCO1. The fourth-order valence-electron chi connectivity index (χ4n) is 2.94. The van der Waals surface area contributed by atoms with Crippen LogP contribution >= 0.6 is 0 Å². The number of unbranched alkanes of at least 4 members (excludes halogenated alkanes) is 11. The zero-order chi connectivity index (χ0) is 14.5. The second-order valence-electron chi connectivity index (χ2n) is 6.44. The Balaban J connectivity index is 1.70. The van der Waals surface area contributed by atoms with Gasteiger partial charge in [0.15, 0.2) is 0 Å². The number of aliphatic hydroxyl groups is 1. The van der Waals surface area contributed by atoms with Gasteiger partial charge in [-0.3, -0.25) is 0 Å². The van der Waals surface area contributed by atoms with Crippen LogP contribution in [0.25, 0.3) is 0 Å². The summed E-state index contributed by atoms with van der Waals surface area (Å²) in [5, 5.41) is 9.81. The molecular weight excluding hydrogens is 248 g/mol. The first-order valence-corrected chi connectivity index (χ1v) is 9.14. The Kier molecular flexibility index (Phi) is 11.4. The molecule has 2 heteroatoms. The second kappa shape index (κ2) is 12.6. The average molecular weight is 284 g/mol. The molecule has 1 heterocycles. The quantitative estimate of drug-likeness (QED) is 0.443. The van der Waals surface area contributed by atoms with Crippen LogP contribution in [-0.2, 0) is 4.74 Å². The minimum atomic E-state index is -0.202. The number of aliphatic hydroxyl groups excluding tert-OH is 1. The zero-order valence-corrected chi connectivity index (χ0v) is 13.6. The van der Waals surface area contributed by atoms with Crippen molar-refractivity contribution >= 4 is 0 Å². The first-order chi connectivity index (χ1) is 9.84. The first-order valence-electron chi connectivity index (χ1n) is 9.14. The van der Waals surface area contributed by atoms with Gasteiger partial charge in [-0.15, -0.1) is 0 Å². The van der Waals surface area contributed by atoms with Crippen LogP contribution < -0.4 is 0 Å². The van der Waals surface area contributed by atoms with E-state index in [1.807, 2.05) is 0 Å². The van der Waals surface area contributed by atoms with Crippen LogP contribution in [0.4, 0.5) is 0 Å². The van der Waals surface area contributed by atoms with Crippen LogP contribution in [0.5, 0.6) is 0 Å². The van der Waals surface area contributed by atoms with Crippen LogP contribution in [0.1, 0.15) is 96.8 Å². The molecule has 0 aromatic carbocycles. The third-order valence-electron chi connectivity index (χ3n) is 4.52. The lowest BCUT2D eigenvalue weighted by molar-refractivity contribution is -0.118. The molecule has 1 fully saturated rings. The van der Waals surface area contributed by atoms with Crippen molar-refractivity contribution in [3.05, 3.63) is 0 Å². The van der Waals surface area contributed by atoms with Crippen molar-refractivity contribution in [2.45, 2.75) is 109 Å². The minimum absolute atomic E-state index is 0.155.